The van der Waals surface area contributed by atoms with Crippen molar-refractivity contribution in [3.63, 3.8) is 0 Å². The minimum atomic E-state index is -3.64. The van der Waals surface area contributed by atoms with Crippen molar-refractivity contribution in [2.24, 2.45) is 0 Å². The van der Waals surface area contributed by atoms with Gasteiger partial charge in [0.05, 0.1) is 19.1 Å². The van der Waals surface area contributed by atoms with Crippen LogP contribution in [0.15, 0.2) is 48.5 Å². The van der Waals surface area contributed by atoms with Crippen LogP contribution in [0.2, 0.25) is 0 Å². The van der Waals surface area contributed by atoms with Crippen molar-refractivity contribution in [1.29, 1.82) is 0 Å². The van der Waals surface area contributed by atoms with Crippen LogP contribution in [0.25, 0.3) is 0 Å². The minimum absolute atomic E-state index is 0.0243. The Morgan fingerprint density at radius 3 is 2.31 bits per heavy atom. The first-order valence-corrected chi connectivity index (χ1v) is 13.2. The molecule has 0 aliphatic carbocycles. The van der Waals surface area contributed by atoms with E-state index in [0.29, 0.717) is 11.4 Å². The van der Waals surface area contributed by atoms with Crippen LogP contribution in [0.1, 0.15) is 39.2 Å². The molecule has 1 N–H and O–H groups in total. The summed E-state index contributed by atoms with van der Waals surface area (Å²) in [6, 6.07) is 11.5. The molecule has 0 aliphatic rings. The smallest absolute Gasteiger partial charge is 0.242 e. The lowest BCUT2D eigenvalue weighted by Crippen LogP contribution is -2.49. The standard InChI is InChI=1S/C25H34FN3O5S/c1-18(2)27-25(31)19(3)28(17-20-8-6-9-23(16-20)34-4)24(30)10-7-15-29(35(5,32)33)22-13-11-21(26)12-14-22/h6,8-9,11-14,16,18-19H,7,10,15,17H2,1-5H3,(H,27,31)/t19-/m1/s1. The monoisotopic (exact) mass is 507 g/mol. The zero-order valence-electron chi connectivity index (χ0n) is 20.8. The summed E-state index contributed by atoms with van der Waals surface area (Å²) in [6.45, 7) is 5.57. The quantitative estimate of drug-likeness (QED) is 0.476. The molecule has 192 valence electrons. The first-order chi connectivity index (χ1) is 16.4. The number of halogens is 1. The van der Waals surface area contributed by atoms with Gasteiger partial charge in [-0.1, -0.05) is 12.1 Å². The average molecular weight is 508 g/mol. The average Bonchev–Trinajstić information content (AvgIpc) is 2.79. The Balaban J connectivity index is 2.18. The van der Waals surface area contributed by atoms with Crippen LogP contribution in [0.3, 0.4) is 0 Å². The van der Waals surface area contributed by atoms with E-state index in [9.17, 15) is 22.4 Å². The molecular weight excluding hydrogens is 473 g/mol. The third-order valence-electron chi connectivity index (χ3n) is 5.35. The molecule has 0 heterocycles. The van der Waals surface area contributed by atoms with E-state index in [1.165, 1.54) is 29.2 Å². The SMILES string of the molecule is COc1cccc(CN(C(=O)CCCN(c2ccc(F)cc2)S(C)(=O)=O)[C@H](C)C(=O)NC(C)C)c1. The van der Waals surface area contributed by atoms with Gasteiger partial charge >= 0.3 is 0 Å². The van der Waals surface area contributed by atoms with Gasteiger partial charge in [0.1, 0.15) is 17.6 Å². The second-order valence-corrected chi connectivity index (χ2v) is 10.5. The van der Waals surface area contributed by atoms with Crippen molar-refractivity contribution >= 4 is 27.5 Å². The maximum atomic E-state index is 13.3. The Labute approximate surface area is 207 Å². The molecule has 35 heavy (non-hydrogen) atoms. The number of carbonyl (C=O) groups excluding carboxylic acids is 2. The van der Waals surface area contributed by atoms with Crippen molar-refractivity contribution in [3.05, 3.63) is 59.9 Å². The van der Waals surface area contributed by atoms with Crippen LogP contribution in [-0.4, -0.2) is 57.1 Å². The Hall–Kier alpha value is -3.14. The van der Waals surface area contributed by atoms with E-state index in [1.54, 1.807) is 26.2 Å². The zero-order chi connectivity index (χ0) is 26.2. The number of sulfonamides is 1. The fourth-order valence-corrected chi connectivity index (χ4v) is 4.53. The molecular formula is C25H34FN3O5S. The predicted molar refractivity (Wildman–Crippen MR) is 134 cm³/mol. The molecule has 0 aliphatic heterocycles. The molecule has 0 bridgehead atoms. The lowest BCUT2D eigenvalue weighted by Gasteiger charge is -2.30. The maximum absolute atomic E-state index is 13.3. The van der Waals surface area contributed by atoms with Crippen molar-refractivity contribution in [1.82, 2.24) is 10.2 Å². The van der Waals surface area contributed by atoms with Gasteiger partial charge in [-0.15, -0.1) is 0 Å². The number of rotatable bonds is 12. The van der Waals surface area contributed by atoms with Crippen LogP contribution in [0, 0.1) is 5.82 Å². The Bertz CT molecular complexity index is 1110. The number of methoxy groups -OCH3 is 1. The number of anilines is 1. The second-order valence-electron chi connectivity index (χ2n) is 8.63. The van der Waals surface area contributed by atoms with Gasteiger partial charge in [0, 0.05) is 25.6 Å². The summed E-state index contributed by atoms with van der Waals surface area (Å²) >= 11 is 0. The first-order valence-electron chi connectivity index (χ1n) is 11.4. The second kappa shape index (κ2) is 12.5. The number of benzene rings is 2. The summed E-state index contributed by atoms with van der Waals surface area (Å²) in [4.78, 5) is 27.4. The van der Waals surface area contributed by atoms with Gasteiger partial charge < -0.3 is 15.0 Å². The summed E-state index contributed by atoms with van der Waals surface area (Å²) in [5.41, 5.74) is 1.12. The van der Waals surface area contributed by atoms with Gasteiger partial charge in [-0.3, -0.25) is 13.9 Å². The van der Waals surface area contributed by atoms with Gasteiger partial charge in [0.15, 0.2) is 0 Å². The van der Waals surface area contributed by atoms with Gasteiger partial charge in [-0.25, -0.2) is 12.8 Å². The molecule has 2 amide bonds. The fourth-order valence-electron chi connectivity index (χ4n) is 3.57. The van der Waals surface area contributed by atoms with E-state index in [0.717, 1.165) is 16.1 Å². The van der Waals surface area contributed by atoms with Gasteiger partial charge in [0.2, 0.25) is 21.8 Å². The van der Waals surface area contributed by atoms with Crippen molar-refractivity contribution < 1.29 is 27.1 Å². The molecule has 0 fully saturated rings. The van der Waals surface area contributed by atoms with Crippen LogP contribution in [-0.2, 0) is 26.2 Å². The molecule has 0 saturated carbocycles. The molecule has 0 aromatic heterocycles. The van der Waals surface area contributed by atoms with Crippen LogP contribution in [0.4, 0.5) is 10.1 Å². The number of ether oxygens (including phenoxy) is 1. The highest BCUT2D eigenvalue weighted by Gasteiger charge is 2.27. The highest BCUT2D eigenvalue weighted by molar-refractivity contribution is 7.92. The Morgan fingerprint density at radius 2 is 1.74 bits per heavy atom. The van der Waals surface area contributed by atoms with E-state index in [1.807, 2.05) is 26.0 Å². The Morgan fingerprint density at radius 1 is 1.09 bits per heavy atom. The summed E-state index contributed by atoms with van der Waals surface area (Å²) in [7, 11) is -2.09. The van der Waals surface area contributed by atoms with Crippen LogP contribution in [0.5, 0.6) is 5.75 Å². The van der Waals surface area contributed by atoms with Crippen molar-refractivity contribution in [3.8, 4) is 5.75 Å². The summed E-state index contributed by atoms with van der Waals surface area (Å²) < 4.78 is 44.3. The molecule has 0 saturated heterocycles. The molecule has 10 heteroatoms. The highest BCUT2D eigenvalue weighted by Crippen LogP contribution is 2.20. The molecule has 0 radical (unpaired) electrons. The molecule has 0 spiro atoms. The minimum Gasteiger partial charge on any atom is -0.497 e. The van der Waals surface area contributed by atoms with E-state index in [4.69, 9.17) is 4.74 Å². The first kappa shape index (κ1) is 28.1. The third kappa shape index (κ3) is 8.54. The molecule has 2 aromatic carbocycles. The number of amides is 2. The lowest BCUT2D eigenvalue weighted by molar-refractivity contribution is -0.140. The number of hydrogen-bond acceptors (Lipinski definition) is 5. The Kier molecular flexibility index (Phi) is 10.1. The third-order valence-corrected chi connectivity index (χ3v) is 6.55. The molecule has 2 aromatic rings. The number of nitrogens with zero attached hydrogens (tertiary/aromatic N) is 2. The number of nitrogens with one attached hydrogen (secondary N) is 1. The number of carbonyl (C=O) groups is 2. The highest BCUT2D eigenvalue weighted by atomic mass is 32.2. The van der Waals surface area contributed by atoms with E-state index < -0.39 is 21.9 Å². The number of hydrogen-bond donors (Lipinski definition) is 1. The topological polar surface area (TPSA) is 96.0 Å². The largest absolute Gasteiger partial charge is 0.497 e. The summed E-state index contributed by atoms with van der Waals surface area (Å²) in [5.74, 6) is -0.399. The van der Waals surface area contributed by atoms with Gasteiger partial charge in [0.25, 0.3) is 0 Å². The maximum Gasteiger partial charge on any atom is 0.242 e. The van der Waals surface area contributed by atoms with Crippen molar-refractivity contribution in [2.45, 2.75) is 52.2 Å². The van der Waals surface area contributed by atoms with Crippen molar-refractivity contribution in [2.75, 3.05) is 24.2 Å². The van der Waals surface area contributed by atoms with Gasteiger partial charge in [-0.2, -0.15) is 0 Å². The zero-order valence-corrected chi connectivity index (χ0v) is 21.6. The van der Waals surface area contributed by atoms with Gasteiger partial charge in [-0.05, 0) is 69.2 Å². The fraction of sp³-hybridized carbons (Fsp3) is 0.440. The normalized spacial score (nSPS) is 12.2. The summed E-state index contributed by atoms with van der Waals surface area (Å²) in [6.07, 6.45) is 1.30. The molecule has 0 unspecified atom stereocenters. The summed E-state index contributed by atoms with van der Waals surface area (Å²) in [5, 5.41) is 2.83. The van der Waals surface area contributed by atoms with E-state index in [-0.39, 0.29) is 43.8 Å². The van der Waals surface area contributed by atoms with E-state index in [2.05, 4.69) is 5.32 Å². The van der Waals surface area contributed by atoms with Crippen LogP contribution >= 0.6 is 0 Å². The molecule has 8 nitrogen and oxygen atoms in total. The molecule has 1 atom stereocenters. The predicted octanol–water partition coefficient (Wildman–Crippen LogP) is 3.32. The lowest BCUT2D eigenvalue weighted by atomic mass is 10.1. The van der Waals surface area contributed by atoms with Crippen LogP contribution < -0.4 is 14.4 Å². The molecule has 2 rings (SSSR count). The van der Waals surface area contributed by atoms with E-state index >= 15 is 0 Å².